The molecule has 19 heavy (non-hydrogen) atoms. The minimum absolute atomic E-state index is 0.255. The number of aromatic nitrogens is 2. The molecule has 6 nitrogen and oxygen atoms in total. The average molecular weight is 260 g/mol. The van der Waals surface area contributed by atoms with Crippen molar-refractivity contribution in [1.82, 2.24) is 15.5 Å². The van der Waals surface area contributed by atoms with Gasteiger partial charge in [-0.1, -0.05) is 18.2 Å². The Morgan fingerprint density at radius 1 is 1.37 bits per heavy atom. The summed E-state index contributed by atoms with van der Waals surface area (Å²) in [5.41, 5.74) is 6.21. The number of ether oxygens (including phenoxy) is 1. The van der Waals surface area contributed by atoms with E-state index in [0.717, 1.165) is 5.75 Å². The number of para-hydroxylation sites is 1. The molecular formula is C13H16N4O2. The largest absolute Gasteiger partial charge is 0.494 e. The number of carbonyl (C=O) groups excluding carboxylic acids is 1. The maximum atomic E-state index is 11.7. The number of nitrogen functional groups attached to an aromatic ring is 1. The molecule has 1 heterocycles. The van der Waals surface area contributed by atoms with E-state index in [-0.39, 0.29) is 5.91 Å². The van der Waals surface area contributed by atoms with Crippen molar-refractivity contribution in [3.05, 3.63) is 42.2 Å². The first-order chi connectivity index (χ1) is 9.27. The molecule has 0 unspecified atom stereocenters. The quantitative estimate of drug-likeness (QED) is 0.680. The first kappa shape index (κ1) is 12.9. The van der Waals surface area contributed by atoms with Crippen LogP contribution in [0.1, 0.15) is 16.9 Å². The van der Waals surface area contributed by atoms with E-state index in [4.69, 9.17) is 10.5 Å². The molecule has 0 atom stereocenters. The monoisotopic (exact) mass is 260 g/mol. The SMILES string of the molecule is Nc1cn[nH]c1C(=O)NCCCOc1ccccc1. The topological polar surface area (TPSA) is 93.0 Å². The number of rotatable bonds is 6. The fourth-order valence-corrected chi connectivity index (χ4v) is 1.55. The standard InChI is InChI=1S/C13H16N4O2/c14-11-9-16-17-12(11)13(18)15-7-4-8-19-10-5-2-1-3-6-10/h1-3,5-6,9H,4,7-8,14H2,(H,15,18)(H,16,17). The molecular weight excluding hydrogens is 244 g/mol. The van der Waals surface area contributed by atoms with Crippen LogP contribution in [0.5, 0.6) is 5.75 Å². The summed E-state index contributed by atoms with van der Waals surface area (Å²) in [7, 11) is 0. The number of hydrogen-bond donors (Lipinski definition) is 3. The van der Waals surface area contributed by atoms with Gasteiger partial charge in [-0.05, 0) is 18.6 Å². The molecule has 100 valence electrons. The first-order valence-corrected chi connectivity index (χ1v) is 6.02. The molecule has 0 saturated heterocycles. The van der Waals surface area contributed by atoms with Crippen molar-refractivity contribution in [2.75, 3.05) is 18.9 Å². The van der Waals surface area contributed by atoms with E-state index in [2.05, 4.69) is 15.5 Å². The van der Waals surface area contributed by atoms with E-state index in [0.29, 0.717) is 31.0 Å². The van der Waals surface area contributed by atoms with Gasteiger partial charge in [0, 0.05) is 6.54 Å². The van der Waals surface area contributed by atoms with Gasteiger partial charge in [-0.25, -0.2) is 0 Å². The Labute approximate surface area is 111 Å². The summed E-state index contributed by atoms with van der Waals surface area (Å²) in [5.74, 6) is 0.571. The normalized spacial score (nSPS) is 10.1. The van der Waals surface area contributed by atoms with E-state index in [9.17, 15) is 4.79 Å². The molecule has 0 saturated carbocycles. The second-order valence-electron chi connectivity index (χ2n) is 3.97. The van der Waals surface area contributed by atoms with Gasteiger partial charge in [0.15, 0.2) is 0 Å². The number of amides is 1. The van der Waals surface area contributed by atoms with Gasteiger partial charge in [0.1, 0.15) is 11.4 Å². The van der Waals surface area contributed by atoms with Crippen molar-refractivity contribution in [2.24, 2.45) is 0 Å². The van der Waals surface area contributed by atoms with Crippen LogP contribution < -0.4 is 15.8 Å². The number of benzene rings is 1. The molecule has 1 aromatic carbocycles. The highest BCUT2D eigenvalue weighted by Gasteiger charge is 2.10. The zero-order chi connectivity index (χ0) is 13.5. The third kappa shape index (κ3) is 3.74. The van der Waals surface area contributed by atoms with Gasteiger partial charge in [-0.2, -0.15) is 5.10 Å². The molecule has 0 aliphatic heterocycles. The lowest BCUT2D eigenvalue weighted by Gasteiger charge is -2.06. The van der Waals surface area contributed by atoms with Crippen LogP contribution in [0.3, 0.4) is 0 Å². The molecule has 0 aliphatic carbocycles. The maximum absolute atomic E-state index is 11.7. The van der Waals surface area contributed by atoms with Crippen LogP contribution in [0.15, 0.2) is 36.5 Å². The van der Waals surface area contributed by atoms with Crippen molar-refractivity contribution in [3.8, 4) is 5.75 Å². The fraction of sp³-hybridized carbons (Fsp3) is 0.231. The van der Waals surface area contributed by atoms with E-state index < -0.39 is 0 Å². The Balaban J connectivity index is 1.65. The molecule has 0 bridgehead atoms. The summed E-state index contributed by atoms with van der Waals surface area (Å²) in [5, 5.41) is 8.99. The lowest BCUT2D eigenvalue weighted by atomic mass is 10.3. The average Bonchev–Trinajstić information content (AvgIpc) is 2.86. The summed E-state index contributed by atoms with van der Waals surface area (Å²) >= 11 is 0. The highest BCUT2D eigenvalue weighted by atomic mass is 16.5. The van der Waals surface area contributed by atoms with Crippen LogP contribution in [-0.2, 0) is 0 Å². The number of H-pyrrole nitrogens is 1. The van der Waals surface area contributed by atoms with Crippen molar-refractivity contribution >= 4 is 11.6 Å². The van der Waals surface area contributed by atoms with Gasteiger partial charge in [0.25, 0.3) is 5.91 Å². The second kappa shape index (κ2) is 6.44. The van der Waals surface area contributed by atoms with Gasteiger partial charge >= 0.3 is 0 Å². The van der Waals surface area contributed by atoms with E-state index in [1.807, 2.05) is 30.3 Å². The fourth-order valence-electron chi connectivity index (χ4n) is 1.55. The molecule has 2 rings (SSSR count). The Kier molecular flexibility index (Phi) is 4.39. The van der Waals surface area contributed by atoms with E-state index in [1.165, 1.54) is 6.20 Å². The van der Waals surface area contributed by atoms with Crippen LogP contribution in [-0.4, -0.2) is 29.3 Å². The predicted molar refractivity (Wildman–Crippen MR) is 71.9 cm³/mol. The summed E-state index contributed by atoms with van der Waals surface area (Å²) in [6, 6.07) is 9.55. The number of hydrogen-bond acceptors (Lipinski definition) is 4. The van der Waals surface area contributed by atoms with Crippen molar-refractivity contribution < 1.29 is 9.53 Å². The van der Waals surface area contributed by atoms with Crippen LogP contribution in [0.4, 0.5) is 5.69 Å². The summed E-state index contributed by atoms with van der Waals surface area (Å²) in [4.78, 5) is 11.7. The highest BCUT2D eigenvalue weighted by Crippen LogP contribution is 2.08. The molecule has 0 spiro atoms. The van der Waals surface area contributed by atoms with Gasteiger partial charge in [0.2, 0.25) is 0 Å². The van der Waals surface area contributed by atoms with Gasteiger partial charge in [0.05, 0.1) is 18.5 Å². The first-order valence-electron chi connectivity index (χ1n) is 6.02. The van der Waals surface area contributed by atoms with Gasteiger partial charge in [-0.15, -0.1) is 0 Å². The lowest BCUT2D eigenvalue weighted by molar-refractivity contribution is 0.0947. The summed E-state index contributed by atoms with van der Waals surface area (Å²) < 4.78 is 5.51. The van der Waals surface area contributed by atoms with Gasteiger partial charge in [-0.3, -0.25) is 9.89 Å². The Hall–Kier alpha value is -2.50. The predicted octanol–water partition coefficient (Wildman–Crippen LogP) is 1.19. The Morgan fingerprint density at radius 2 is 2.16 bits per heavy atom. The molecule has 0 radical (unpaired) electrons. The minimum Gasteiger partial charge on any atom is -0.494 e. The summed E-state index contributed by atoms with van der Waals surface area (Å²) in [6.07, 6.45) is 2.13. The maximum Gasteiger partial charge on any atom is 0.271 e. The number of aromatic amines is 1. The van der Waals surface area contributed by atoms with Crippen LogP contribution >= 0.6 is 0 Å². The van der Waals surface area contributed by atoms with Gasteiger partial charge < -0.3 is 15.8 Å². The van der Waals surface area contributed by atoms with Crippen molar-refractivity contribution in [1.29, 1.82) is 0 Å². The molecule has 2 aromatic rings. The zero-order valence-electron chi connectivity index (χ0n) is 10.4. The van der Waals surface area contributed by atoms with Crippen LogP contribution in [0.2, 0.25) is 0 Å². The minimum atomic E-state index is -0.255. The molecule has 4 N–H and O–H groups in total. The van der Waals surface area contributed by atoms with Crippen molar-refractivity contribution in [3.63, 3.8) is 0 Å². The van der Waals surface area contributed by atoms with Crippen LogP contribution in [0, 0.1) is 0 Å². The smallest absolute Gasteiger partial charge is 0.271 e. The zero-order valence-corrected chi connectivity index (χ0v) is 10.4. The molecule has 0 aliphatic rings. The molecule has 0 fully saturated rings. The molecule has 1 aromatic heterocycles. The van der Waals surface area contributed by atoms with E-state index in [1.54, 1.807) is 0 Å². The van der Waals surface area contributed by atoms with Crippen LogP contribution in [0.25, 0.3) is 0 Å². The molecule has 6 heteroatoms. The highest BCUT2D eigenvalue weighted by molar-refractivity contribution is 5.96. The Morgan fingerprint density at radius 3 is 2.84 bits per heavy atom. The number of nitrogens with two attached hydrogens (primary N) is 1. The second-order valence-corrected chi connectivity index (χ2v) is 3.97. The third-order valence-electron chi connectivity index (χ3n) is 2.51. The van der Waals surface area contributed by atoms with E-state index >= 15 is 0 Å². The summed E-state index contributed by atoms with van der Waals surface area (Å²) in [6.45, 7) is 1.06. The third-order valence-corrected chi connectivity index (χ3v) is 2.51. The van der Waals surface area contributed by atoms with Crippen molar-refractivity contribution in [2.45, 2.75) is 6.42 Å². The lowest BCUT2D eigenvalue weighted by Crippen LogP contribution is -2.26. The molecule has 1 amide bonds. The number of anilines is 1. The number of nitrogens with one attached hydrogen (secondary N) is 2. The number of carbonyl (C=O) groups is 1. The Bertz CT molecular complexity index is 524. The number of nitrogens with zero attached hydrogens (tertiary/aromatic N) is 1.